The molecule has 0 unspecified atom stereocenters. The van der Waals surface area contributed by atoms with E-state index in [-0.39, 0.29) is 18.2 Å². The van der Waals surface area contributed by atoms with E-state index >= 15 is 0 Å². The van der Waals surface area contributed by atoms with Crippen LogP contribution in [0.25, 0.3) is 0 Å². The topological polar surface area (TPSA) is 81.7 Å². The lowest BCUT2D eigenvalue weighted by molar-refractivity contribution is -0.135. The third-order valence-corrected chi connectivity index (χ3v) is 3.98. The van der Waals surface area contributed by atoms with E-state index in [0.29, 0.717) is 6.07 Å². The van der Waals surface area contributed by atoms with Gasteiger partial charge in [0, 0.05) is 12.6 Å². The van der Waals surface area contributed by atoms with Crippen LogP contribution in [0.5, 0.6) is 0 Å². The largest absolute Gasteiger partial charge is 0.322 e. The zero-order valence-electron chi connectivity index (χ0n) is 14.9. The Morgan fingerprint density at radius 2 is 1.78 bits per heavy atom. The molecule has 0 aliphatic heterocycles. The number of carbonyl (C=O) groups excluding carboxylic acids is 2. The molecule has 0 saturated carbocycles. The Morgan fingerprint density at radius 3 is 2.33 bits per heavy atom. The first-order valence-corrected chi connectivity index (χ1v) is 8.34. The van der Waals surface area contributed by atoms with Gasteiger partial charge in [0.15, 0.2) is 0 Å². The molecule has 0 fully saturated rings. The zero-order valence-corrected chi connectivity index (χ0v) is 14.9. The Labute approximate surface area is 155 Å². The second-order valence-corrected chi connectivity index (χ2v) is 6.33. The van der Waals surface area contributed by atoms with E-state index < -0.39 is 29.6 Å². The average molecular weight is 377 g/mol. The minimum absolute atomic E-state index is 0.0474. The molecule has 0 saturated heterocycles. The van der Waals surface area contributed by atoms with Crippen molar-refractivity contribution in [2.45, 2.75) is 26.4 Å². The SMILES string of the molecule is CC(C)[C@@H](C(=O)NO)N(Cc1ccccc1)C(=O)Nc1ccc(F)cc1F. The lowest BCUT2D eigenvalue weighted by Crippen LogP contribution is -2.52. The smallest absolute Gasteiger partial charge is 0.308 e. The van der Waals surface area contributed by atoms with E-state index in [9.17, 15) is 18.4 Å². The summed E-state index contributed by atoms with van der Waals surface area (Å²) < 4.78 is 27.0. The molecule has 144 valence electrons. The van der Waals surface area contributed by atoms with Gasteiger partial charge in [-0.05, 0) is 23.6 Å². The summed E-state index contributed by atoms with van der Waals surface area (Å²) in [5.74, 6) is -2.82. The summed E-state index contributed by atoms with van der Waals surface area (Å²) in [5, 5.41) is 11.4. The molecule has 6 nitrogen and oxygen atoms in total. The number of rotatable bonds is 6. The van der Waals surface area contributed by atoms with Gasteiger partial charge in [0.1, 0.15) is 17.7 Å². The van der Waals surface area contributed by atoms with Crippen LogP contribution in [0, 0.1) is 17.6 Å². The van der Waals surface area contributed by atoms with Crippen molar-refractivity contribution in [1.29, 1.82) is 0 Å². The van der Waals surface area contributed by atoms with Gasteiger partial charge in [-0.3, -0.25) is 10.0 Å². The molecular weight excluding hydrogens is 356 g/mol. The van der Waals surface area contributed by atoms with Crippen molar-refractivity contribution in [3.8, 4) is 0 Å². The van der Waals surface area contributed by atoms with Gasteiger partial charge in [-0.25, -0.2) is 19.1 Å². The number of hydroxylamine groups is 1. The van der Waals surface area contributed by atoms with Crippen molar-refractivity contribution in [3.05, 3.63) is 65.7 Å². The summed E-state index contributed by atoms with van der Waals surface area (Å²) in [6.07, 6.45) is 0. The van der Waals surface area contributed by atoms with Gasteiger partial charge in [-0.15, -0.1) is 0 Å². The quantitative estimate of drug-likeness (QED) is 0.532. The summed E-state index contributed by atoms with van der Waals surface area (Å²) in [6, 6.07) is 9.90. The highest BCUT2D eigenvalue weighted by Crippen LogP contribution is 2.20. The maximum Gasteiger partial charge on any atom is 0.322 e. The molecule has 8 heteroatoms. The molecule has 1 atom stereocenters. The summed E-state index contributed by atoms with van der Waals surface area (Å²) in [4.78, 5) is 26.1. The van der Waals surface area contributed by atoms with Gasteiger partial charge in [-0.1, -0.05) is 44.2 Å². The fraction of sp³-hybridized carbons (Fsp3) is 0.263. The molecule has 0 aliphatic carbocycles. The van der Waals surface area contributed by atoms with E-state index in [1.54, 1.807) is 43.6 Å². The van der Waals surface area contributed by atoms with E-state index in [0.717, 1.165) is 17.7 Å². The first-order chi connectivity index (χ1) is 12.8. The Morgan fingerprint density at radius 1 is 1.11 bits per heavy atom. The molecule has 2 aromatic rings. The van der Waals surface area contributed by atoms with Crippen LogP contribution >= 0.6 is 0 Å². The van der Waals surface area contributed by atoms with Crippen molar-refractivity contribution >= 4 is 17.6 Å². The van der Waals surface area contributed by atoms with Crippen LogP contribution in [-0.4, -0.2) is 28.1 Å². The highest BCUT2D eigenvalue weighted by molar-refractivity contribution is 5.93. The van der Waals surface area contributed by atoms with Gasteiger partial charge in [0.2, 0.25) is 0 Å². The summed E-state index contributed by atoms with van der Waals surface area (Å²) in [7, 11) is 0. The van der Waals surface area contributed by atoms with E-state index in [2.05, 4.69) is 5.32 Å². The third kappa shape index (κ3) is 5.24. The van der Waals surface area contributed by atoms with Crippen LogP contribution in [0.2, 0.25) is 0 Å². The van der Waals surface area contributed by atoms with Crippen molar-refractivity contribution < 1.29 is 23.6 Å². The molecule has 3 N–H and O–H groups in total. The molecule has 27 heavy (non-hydrogen) atoms. The van der Waals surface area contributed by atoms with Gasteiger partial charge < -0.3 is 10.2 Å². The number of nitrogens with one attached hydrogen (secondary N) is 2. The number of hydrogen-bond donors (Lipinski definition) is 3. The zero-order chi connectivity index (χ0) is 20.0. The van der Waals surface area contributed by atoms with E-state index in [1.165, 1.54) is 4.90 Å². The normalized spacial score (nSPS) is 11.8. The number of urea groups is 1. The van der Waals surface area contributed by atoms with Gasteiger partial charge in [-0.2, -0.15) is 0 Å². The number of halogens is 2. The molecule has 0 radical (unpaired) electrons. The predicted molar refractivity (Wildman–Crippen MR) is 95.9 cm³/mol. The summed E-state index contributed by atoms with van der Waals surface area (Å²) >= 11 is 0. The summed E-state index contributed by atoms with van der Waals surface area (Å²) in [5.41, 5.74) is 2.09. The molecule has 2 aromatic carbocycles. The maximum atomic E-state index is 13.9. The number of benzene rings is 2. The average Bonchev–Trinajstić information content (AvgIpc) is 2.63. The first-order valence-electron chi connectivity index (χ1n) is 8.34. The van der Waals surface area contributed by atoms with Crippen LogP contribution in [0.3, 0.4) is 0 Å². The maximum absolute atomic E-state index is 13.9. The second kappa shape index (κ2) is 9.09. The van der Waals surface area contributed by atoms with Crippen LogP contribution in [0.15, 0.2) is 48.5 Å². The number of hydrogen-bond acceptors (Lipinski definition) is 3. The highest BCUT2D eigenvalue weighted by atomic mass is 19.1. The predicted octanol–water partition coefficient (Wildman–Crippen LogP) is 3.53. The molecular formula is C19H21F2N3O3. The Kier molecular flexibility index (Phi) is 6.84. The monoisotopic (exact) mass is 377 g/mol. The van der Waals surface area contributed by atoms with Crippen molar-refractivity contribution in [2.75, 3.05) is 5.32 Å². The lowest BCUT2D eigenvalue weighted by Gasteiger charge is -2.33. The fourth-order valence-corrected chi connectivity index (χ4v) is 2.72. The molecule has 0 heterocycles. The Balaban J connectivity index is 2.34. The molecule has 0 aromatic heterocycles. The van der Waals surface area contributed by atoms with Crippen molar-refractivity contribution in [1.82, 2.24) is 10.4 Å². The minimum Gasteiger partial charge on any atom is -0.308 e. The van der Waals surface area contributed by atoms with Crippen LogP contribution in [-0.2, 0) is 11.3 Å². The van der Waals surface area contributed by atoms with Gasteiger partial charge in [0.25, 0.3) is 5.91 Å². The number of anilines is 1. The summed E-state index contributed by atoms with van der Waals surface area (Å²) in [6.45, 7) is 3.47. The Bertz CT molecular complexity index is 800. The van der Waals surface area contributed by atoms with E-state index in [1.807, 2.05) is 6.07 Å². The molecule has 0 aliphatic rings. The van der Waals surface area contributed by atoms with E-state index in [4.69, 9.17) is 5.21 Å². The Hall–Kier alpha value is -3.00. The van der Waals surface area contributed by atoms with Gasteiger partial charge >= 0.3 is 6.03 Å². The molecule has 0 spiro atoms. The molecule has 2 rings (SSSR count). The van der Waals surface area contributed by atoms with Crippen LogP contribution < -0.4 is 10.8 Å². The molecule has 3 amide bonds. The second-order valence-electron chi connectivity index (χ2n) is 6.33. The minimum atomic E-state index is -1.02. The highest BCUT2D eigenvalue weighted by Gasteiger charge is 2.33. The van der Waals surface area contributed by atoms with Crippen molar-refractivity contribution in [2.24, 2.45) is 5.92 Å². The third-order valence-electron chi connectivity index (χ3n) is 3.98. The molecule has 0 bridgehead atoms. The lowest BCUT2D eigenvalue weighted by atomic mass is 10.0. The number of carbonyl (C=O) groups is 2. The van der Waals surface area contributed by atoms with Crippen LogP contribution in [0.1, 0.15) is 19.4 Å². The first kappa shape index (κ1) is 20.3. The standard InChI is InChI=1S/C19H21F2N3O3/c1-12(2)17(18(25)23-27)24(11-13-6-4-3-5-7-13)19(26)22-16-9-8-14(20)10-15(16)21/h3-10,12,17,27H,11H2,1-2H3,(H,22,26)(H,23,25)/t17-/m0/s1. The van der Waals surface area contributed by atoms with Crippen molar-refractivity contribution in [3.63, 3.8) is 0 Å². The fourth-order valence-electron chi connectivity index (χ4n) is 2.72. The van der Waals surface area contributed by atoms with Crippen LogP contribution in [0.4, 0.5) is 19.3 Å². The number of amides is 3. The number of nitrogens with zero attached hydrogens (tertiary/aromatic N) is 1. The van der Waals surface area contributed by atoms with Gasteiger partial charge in [0.05, 0.1) is 5.69 Å².